The van der Waals surface area contributed by atoms with Crippen LogP contribution >= 0.6 is 27.9 Å². The number of halogens is 1. The van der Waals surface area contributed by atoms with Crippen LogP contribution in [0.5, 0.6) is 5.75 Å². The molecule has 0 spiro atoms. The summed E-state index contributed by atoms with van der Waals surface area (Å²) >= 11 is 5.32. The topological polar surface area (TPSA) is 15.7 Å². The van der Waals surface area contributed by atoms with E-state index in [0.29, 0.717) is 0 Å². The molecule has 1 aliphatic heterocycles. The molecule has 1 aromatic carbocycles. The van der Waals surface area contributed by atoms with Gasteiger partial charge in [0.1, 0.15) is 5.75 Å². The monoisotopic (exact) mass is 342 g/mol. The van der Waals surface area contributed by atoms with Crippen molar-refractivity contribution in [3.8, 4) is 5.75 Å². The lowest BCUT2D eigenvalue weighted by Crippen LogP contribution is -2.27. The first-order valence-corrected chi connectivity index (χ1v) is 7.85. The Morgan fingerprint density at radius 3 is 2.84 bits per heavy atom. The van der Waals surface area contributed by atoms with E-state index in [-0.39, 0.29) is 0 Å². The molecule has 0 amide bonds. The SMILES string of the molecule is C=C(CC)N1CCN(C)Sc2cc(OC)c(Br)cc21. The molecular weight excluding hydrogens is 324 g/mol. The van der Waals surface area contributed by atoms with Crippen molar-refractivity contribution in [1.82, 2.24) is 4.31 Å². The fourth-order valence-electron chi connectivity index (χ4n) is 2.06. The lowest BCUT2D eigenvalue weighted by molar-refractivity contribution is 0.411. The fourth-order valence-corrected chi connectivity index (χ4v) is 3.48. The smallest absolute Gasteiger partial charge is 0.134 e. The van der Waals surface area contributed by atoms with E-state index in [2.05, 4.69) is 57.8 Å². The number of methoxy groups -OCH3 is 1. The Morgan fingerprint density at radius 1 is 1.47 bits per heavy atom. The number of nitrogens with zero attached hydrogens (tertiary/aromatic N) is 2. The minimum atomic E-state index is 0.864. The molecule has 104 valence electrons. The summed E-state index contributed by atoms with van der Waals surface area (Å²) in [5, 5.41) is 0. The summed E-state index contributed by atoms with van der Waals surface area (Å²) in [6.07, 6.45) is 0.956. The number of likely N-dealkylation sites (N-methyl/N-ethyl adjacent to an activating group) is 1. The van der Waals surface area contributed by atoms with Crippen molar-refractivity contribution in [3.05, 3.63) is 28.9 Å². The van der Waals surface area contributed by atoms with Crippen molar-refractivity contribution in [2.24, 2.45) is 0 Å². The van der Waals surface area contributed by atoms with Gasteiger partial charge < -0.3 is 9.64 Å². The van der Waals surface area contributed by atoms with E-state index in [1.807, 2.05) is 0 Å². The van der Waals surface area contributed by atoms with Gasteiger partial charge in [0.25, 0.3) is 0 Å². The first kappa shape index (κ1) is 14.8. The van der Waals surface area contributed by atoms with Crippen LogP contribution < -0.4 is 9.64 Å². The minimum absolute atomic E-state index is 0.864. The zero-order chi connectivity index (χ0) is 14.0. The zero-order valence-electron chi connectivity index (χ0n) is 11.6. The van der Waals surface area contributed by atoms with Crippen LogP contribution in [0, 0.1) is 0 Å². The maximum absolute atomic E-state index is 5.39. The summed E-state index contributed by atoms with van der Waals surface area (Å²) in [5.74, 6) is 0.864. The first-order valence-electron chi connectivity index (χ1n) is 6.28. The van der Waals surface area contributed by atoms with Crippen molar-refractivity contribution in [3.63, 3.8) is 0 Å². The van der Waals surface area contributed by atoms with Gasteiger partial charge in [-0.3, -0.25) is 0 Å². The van der Waals surface area contributed by atoms with Gasteiger partial charge in [-0.2, -0.15) is 0 Å². The highest BCUT2D eigenvalue weighted by molar-refractivity contribution is 9.10. The third-order valence-corrected chi connectivity index (χ3v) is 4.84. The van der Waals surface area contributed by atoms with Gasteiger partial charge >= 0.3 is 0 Å². The molecule has 0 saturated carbocycles. The molecule has 0 atom stereocenters. The Kier molecular flexibility index (Phi) is 4.81. The number of benzene rings is 1. The predicted octanol–water partition coefficient (Wildman–Crippen LogP) is 4.14. The normalized spacial score (nSPS) is 15.9. The second kappa shape index (κ2) is 6.20. The number of hydrogen-bond acceptors (Lipinski definition) is 4. The molecule has 3 nitrogen and oxygen atoms in total. The highest BCUT2D eigenvalue weighted by Crippen LogP contribution is 2.42. The van der Waals surface area contributed by atoms with E-state index >= 15 is 0 Å². The van der Waals surface area contributed by atoms with Crippen LogP contribution in [0.3, 0.4) is 0 Å². The van der Waals surface area contributed by atoms with E-state index in [0.717, 1.165) is 35.4 Å². The molecule has 0 aromatic heterocycles. The molecule has 0 saturated heterocycles. The van der Waals surface area contributed by atoms with E-state index in [1.54, 1.807) is 19.1 Å². The molecule has 1 aromatic rings. The molecular formula is C14H19BrN2OS. The van der Waals surface area contributed by atoms with Crippen molar-refractivity contribution >= 4 is 33.6 Å². The largest absolute Gasteiger partial charge is 0.496 e. The number of ether oxygens (including phenoxy) is 1. The lowest BCUT2D eigenvalue weighted by Gasteiger charge is -2.26. The van der Waals surface area contributed by atoms with Crippen LogP contribution in [-0.2, 0) is 0 Å². The highest BCUT2D eigenvalue weighted by Gasteiger charge is 2.22. The highest BCUT2D eigenvalue weighted by atomic mass is 79.9. The van der Waals surface area contributed by atoms with Crippen LogP contribution in [-0.4, -0.2) is 31.6 Å². The van der Waals surface area contributed by atoms with Crippen molar-refractivity contribution in [2.75, 3.05) is 32.1 Å². The number of allylic oxidation sites excluding steroid dienone is 1. The quantitative estimate of drug-likeness (QED) is 0.766. The van der Waals surface area contributed by atoms with Crippen LogP contribution in [0.25, 0.3) is 0 Å². The average Bonchev–Trinajstić information content (AvgIpc) is 2.55. The molecule has 0 unspecified atom stereocenters. The van der Waals surface area contributed by atoms with Crippen molar-refractivity contribution in [2.45, 2.75) is 18.2 Å². The van der Waals surface area contributed by atoms with Crippen molar-refractivity contribution < 1.29 is 4.74 Å². The molecule has 1 heterocycles. The molecule has 1 aliphatic rings. The Balaban J connectivity index is 2.50. The summed E-state index contributed by atoms with van der Waals surface area (Å²) < 4.78 is 8.61. The molecule has 0 radical (unpaired) electrons. The number of hydrogen-bond donors (Lipinski definition) is 0. The molecule has 0 fully saturated rings. The van der Waals surface area contributed by atoms with Gasteiger partial charge in [0.2, 0.25) is 0 Å². The van der Waals surface area contributed by atoms with E-state index < -0.39 is 0 Å². The summed E-state index contributed by atoms with van der Waals surface area (Å²) in [6, 6.07) is 4.21. The van der Waals surface area contributed by atoms with Crippen LogP contribution in [0.2, 0.25) is 0 Å². The second-order valence-electron chi connectivity index (χ2n) is 4.47. The van der Waals surface area contributed by atoms with Gasteiger partial charge in [-0.15, -0.1) is 0 Å². The molecule has 0 aliphatic carbocycles. The molecule has 19 heavy (non-hydrogen) atoms. The lowest BCUT2D eigenvalue weighted by atomic mass is 10.2. The van der Waals surface area contributed by atoms with Gasteiger partial charge in [0.05, 0.1) is 22.2 Å². The van der Waals surface area contributed by atoms with E-state index in [9.17, 15) is 0 Å². The van der Waals surface area contributed by atoms with E-state index in [1.165, 1.54) is 10.6 Å². The predicted molar refractivity (Wildman–Crippen MR) is 86.0 cm³/mol. The number of fused-ring (bicyclic) bond motifs is 1. The molecule has 0 N–H and O–H groups in total. The first-order chi connectivity index (χ1) is 9.06. The molecule has 5 heteroatoms. The minimum Gasteiger partial charge on any atom is -0.496 e. The second-order valence-corrected chi connectivity index (χ2v) is 6.57. The van der Waals surface area contributed by atoms with Crippen LogP contribution in [0.15, 0.2) is 33.8 Å². The maximum Gasteiger partial charge on any atom is 0.134 e. The Morgan fingerprint density at radius 2 is 2.21 bits per heavy atom. The Labute approximate surface area is 127 Å². The van der Waals surface area contributed by atoms with Crippen LogP contribution in [0.4, 0.5) is 5.69 Å². The third kappa shape index (κ3) is 3.09. The van der Waals surface area contributed by atoms with E-state index in [4.69, 9.17) is 4.74 Å². The third-order valence-electron chi connectivity index (χ3n) is 3.21. The summed E-state index contributed by atoms with van der Waals surface area (Å²) in [6.45, 7) is 8.29. The molecule has 0 bridgehead atoms. The Hall–Kier alpha value is -0.650. The van der Waals surface area contributed by atoms with Gasteiger partial charge in [-0.25, -0.2) is 4.31 Å². The average molecular weight is 343 g/mol. The summed E-state index contributed by atoms with van der Waals surface area (Å²) in [5.41, 5.74) is 2.35. The van der Waals surface area contributed by atoms with Crippen molar-refractivity contribution in [1.29, 1.82) is 0 Å². The maximum atomic E-state index is 5.39. The zero-order valence-corrected chi connectivity index (χ0v) is 14.0. The van der Waals surface area contributed by atoms with Gasteiger partial charge in [0, 0.05) is 18.8 Å². The number of anilines is 1. The molecule has 2 rings (SSSR count). The fraction of sp³-hybridized carbons (Fsp3) is 0.429. The standard InChI is InChI=1S/C14H19BrN2OS/c1-5-10(2)17-7-6-16(3)19-14-9-13(18-4)11(15)8-12(14)17/h8-9H,2,5-7H2,1,3-4H3. The van der Waals surface area contributed by atoms with Gasteiger partial charge in [-0.05, 0) is 53.5 Å². The summed E-state index contributed by atoms with van der Waals surface area (Å²) in [7, 11) is 3.81. The van der Waals surface area contributed by atoms with Gasteiger partial charge in [0.15, 0.2) is 0 Å². The van der Waals surface area contributed by atoms with Crippen LogP contribution in [0.1, 0.15) is 13.3 Å². The Bertz CT molecular complexity index is 493. The van der Waals surface area contributed by atoms with Gasteiger partial charge in [-0.1, -0.05) is 13.5 Å². The summed E-state index contributed by atoms with van der Waals surface area (Å²) in [4.78, 5) is 3.51. The number of rotatable bonds is 3.